The van der Waals surface area contributed by atoms with Crippen molar-refractivity contribution in [2.75, 3.05) is 13.2 Å². The molecule has 12 heavy (non-hydrogen) atoms. The maximum atomic E-state index is 10.5. The van der Waals surface area contributed by atoms with Crippen molar-refractivity contribution in [1.29, 1.82) is 0 Å². The topological polar surface area (TPSA) is 52.3 Å². The minimum absolute atomic E-state index is 0.0255. The molecule has 0 aliphatic carbocycles. The van der Waals surface area contributed by atoms with Gasteiger partial charge in [-0.25, -0.2) is 0 Å². The summed E-state index contributed by atoms with van der Waals surface area (Å²) in [7, 11) is 0. The average molecular weight is 171 g/mol. The third-order valence-electron chi connectivity index (χ3n) is 1.45. The van der Waals surface area contributed by atoms with Gasteiger partial charge in [-0.1, -0.05) is 6.08 Å². The lowest BCUT2D eigenvalue weighted by atomic mass is 10.2. The van der Waals surface area contributed by atoms with Gasteiger partial charge in [0.25, 0.3) is 0 Å². The predicted molar refractivity (Wildman–Crippen MR) is 48.7 cm³/mol. The van der Waals surface area contributed by atoms with Crippen LogP contribution in [-0.2, 0) is 9.53 Å². The average Bonchev–Trinajstić information content (AvgIpc) is 2.33. The first kappa shape index (κ1) is 11.2. The number of carbonyl (C=O) groups is 1. The summed E-state index contributed by atoms with van der Waals surface area (Å²) in [6.07, 6.45) is 5.48. The van der Waals surface area contributed by atoms with Crippen molar-refractivity contribution in [1.82, 2.24) is 0 Å². The summed E-state index contributed by atoms with van der Waals surface area (Å²) in [5.74, 6) is -0.0255. The van der Waals surface area contributed by atoms with Gasteiger partial charge in [0.1, 0.15) is 0 Å². The molecule has 1 rings (SSSR count). The summed E-state index contributed by atoms with van der Waals surface area (Å²) in [5, 5.41) is 0. The van der Waals surface area contributed by atoms with E-state index in [4.69, 9.17) is 10.5 Å². The smallest absolute Gasteiger partial charge is 0.305 e. The molecular formula is C9H17NO2. The number of hydrogen-bond donors (Lipinski definition) is 1. The quantitative estimate of drug-likeness (QED) is 0.477. The van der Waals surface area contributed by atoms with E-state index in [2.05, 4.69) is 6.58 Å². The van der Waals surface area contributed by atoms with Gasteiger partial charge in [-0.2, -0.15) is 0 Å². The van der Waals surface area contributed by atoms with Crippen molar-refractivity contribution < 1.29 is 9.53 Å². The molecule has 1 aliphatic rings. The maximum Gasteiger partial charge on any atom is 0.305 e. The molecule has 0 aromatic heterocycles. The highest BCUT2D eigenvalue weighted by molar-refractivity contribution is 5.69. The van der Waals surface area contributed by atoms with E-state index in [0.29, 0.717) is 19.6 Å². The Labute approximate surface area is 73.6 Å². The van der Waals surface area contributed by atoms with Crippen molar-refractivity contribution in [2.24, 2.45) is 5.73 Å². The first-order valence-corrected chi connectivity index (χ1v) is 4.28. The molecule has 70 valence electrons. The fourth-order valence-electron chi connectivity index (χ4n) is 0.806. The molecule has 0 amide bonds. The molecule has 0 bridgehead atoms. The Balaban J connectivity index is 0.000000261. The summed E-state index contributed by atoms with van der Waals surface area (Å²) in [5.41, 5.74) is 4.91. The third-order valence-corrected chi connectivity index (χ3v) is 1.45. The zero-order chi connectivity index (χ0) is 9.23. The molecule has 0 saturated carbocycles. The zero-order valence-corrected chi connectivity index (χ0v) is 7.42. The van der Waals surface area contributed by atoms with Crippen molar-refractivity contribution in [3.63, 3.8) is 0 Å². The van der Waals surface area contributed by atoms with E-state index in [1.165, 1.54) is 0 Å². The number of esters is 1. The SMILES string of the molecule is C=CCN.O=C1CCCCCO1. The molecule has 0 aromatic carbocycles. The van der Waals surface area contributed by atoms with Crippen LogP contribution in [0.2, 0.25) is 0 Å². The monoisotopic (exact) mass is 171 g/mol. The van der Waals surface area contributed by atoms with E-state index in [0.717, 1.165) is 19.3 Å². The lowest BCUT2D eigenvalue weighted by Crippen LogP contribution is -2.00. The summed E-state index contributed by atoms with van der Waals surface area (Å²) < 4.78 is 4.76. The van der Waals surface area contributed by atoms with Gasteiger partial charge in [-0.15, -0.1) is 6.58 Å². The van der Waals surface area contributed by atoms with Gasteiger partial charge in [-0.3, -0.25) is 4.79 Å². The van der Waals surface area contributed by atoms with Crippen LogP contribution in [0.1, 0.15) is 25.7 Å². The van der Waals surface area contributed by atoms with E-state index in [9.17, 15) is 4.79 Å². The van der Waals surface area contributed by atoms with Gasteiger partial charge in [0.15, 0.2) is 0 Å². The van der Waals surface area contributed by atoms with Crippen LogP contribution in [0.15, 0.2) is 12.7 Å². The third kappa shape index (κ3) is 7.28. The lowest BCUT2D eigenvalue weighted by molar-refractivity contribution is -0.142. The van der Waals surface area contributed by atoms with Crippen LogP contribution < -0.4 is 5.73 Å². The first-order chi connectivity index (χ1) is 5.81. The number of nitrogens with two attached hydrogens (primary N) is 1. The molecule has 3 nitrogen and oxygen atoms in total. The fraction of sp³-hybridized carbons (Fsp3) is 0.667. The summed E-state index contributed by atoms with van der Waals surface area (Å²) in [6.45, 7) is 4.58. The fourth-order valence-corrected chi connectivity index (χ4v) is 0.806. The van der Waals surface area contributed by atoms with Gasteiger partial charge < -0.3 is 10.5 Å². The van der Waals surface area contributed by atoms with Gasteiger partial charge in [0.2, 0.25) is 0 Å². The Hall–Kier alpha value is -0.830. The molecule has 0 aromatic rings. The largest absolute Gasteiger partial charge is 0.466 e. The van der Waals surface area contributed by atoms with Crippen LogP contribution in [0.4, 0.5) is 0 Å². The Morgan fingerprint density at radius 3 is 2.75 bits per heavy atom. The minimum atomic E-state index is -0.0255. The van der Waals surface area contributed by atoms with Crippen LogP contribution in [0, 0.1) is 0 Å². The number of rotatable bonds is 1. The second-order valence-corrected chi connectivity index (χ2v) is 2.56. The zero-order valence-electron chi connectivity index (χ0n) is 7.42. The van der Waals surface area contributed by atoms with Crippen molar-refractivity contribution >= 4 is 5.97 Å². The van der Waals surface area contributed by atoms with Crippen LogP contribution in [-0.4, -0.2) is 19.1 Å². The van der Waals surface area contributed by atoms with Gasteiger partial charge in [0, 0.05) is 13.0 Å². The number of ether oxygens (including phenoxy) is 1. The molecule has 0 atom stereocenters. The van der Waals surface area contributed by atoms with Crippen molar-refractivity contribution in [3.05, 3.63) is 12.7 Å². The Morgan fingerprint density at radius 1 is 1.50 bits per heavy atom. The van der Waals surface area contributed by atoms with E-state index >= 15 is 0 Å². The molecule has 0 radical (unpaired) electrons. The maximum absolute atomic E-state index is 10.5. The number of carbonyl (C=O) groups excluding carboxylic acids is 1. The van der Waals surface area contributed by atoms with Crippen LogP contribution in [0.5, 0.6) is 0 Å². The van der Waals surface area contributed by atoms with Crippen LogP contribution in [0.25, 0.3) is 0 Å². The molecular weight excluding hydrogens is 154 g/mol. The Morgan fingerprint density at radius 2 is 2.17 bits per heavy atom. The van der Waals surface area contributed by atoms with Crippen molar-refractivity contribution in [3.8, 4) is 0 Å². The predicted octanol–water partition coefficient (Wildman–Crippen LogP) is 1.23. The number of cyclic esters (lactones) is 1. The highest BCUT2D eigenvalue weighted by Crippen LogP contribution is 2.06. The van der Waals surface area contributed by atoms with E-state index < -0.39 is 0 Å². The second kappa shape index (κ2) is 8.27. The molecule has 0 unspecified atom stereocenters. The van der Waals surface area contributed by atoms with E-state index in [1.54, 1.807) is 6.08 Å². The Bertz CT molecular complexity index is 124. The van der Waals surface area contributed by atoms with Crippen molar-refractivity contribution in [2.45, 2.75) is 25.7 Å². The van der Waals surface area contributed by atoms with E-state index in [-0.39, 0.29) is 5.97 Å². The van der Waals surface area contributed by atoms with Crippen LogP contribution >= 0.6 is 0 Å². The van der Waals surface area contributed by atoms with Gasteiger partial charge >= 0.3 is 5.97 Å². The lowest BCUT2D eigenvalue weighted by Gasteiger charge is -1.93. The molecule has 1 saturated heterocycles. The molecule has 3 heteroatoms. The standard InChI is InChI=1S/C6H10O2.C3H7N/c7-6-4-2-1-3-5-8-6;1-2-3-4/h1-5H2;2H,1,3-4H2. The molecule has 2 N–H and O–H groups in total. The van der Waals surface area contributed by atoms with E-state index in [1.807, 2.05) is 0 Å². The highest BCUT2D eigenvalue weighted by atomic mass is 16.5. The molecule has 1 aliphatic heterocycles. The molecule has 0 spiro atoms. The van der Waals surface area contributed by atoms with Gasteiger partial charge in [-0.05, 0) is 19.3 Å². The Kier molecular flexibility index (Phi) is 7.70. The molecule has 1 fully saturated rings. The highest BCUT2D eigenvalue weighted by Gasteiger charge is 2.05. The van der Waals surface area contributed by atoms with Crippen LogP contribution in [0.3, 0.4) is 0 Å². The normalized spacial score (nSPS) is 16.6. The second-order valence-electron chi connectivity index (χ2n) is 2.56. The summed E-state index contributed by atoms with van der Waals surface area (Å²) in [4.78, 5) is 10.5. The summed E-state index contributed by atoms with van der Waals surface area (Å²) in [6, 6.07) is 0. The number of hydrogen-bond acceptors (Lipinski definition) is 3. The minimum Gasteiger partial charge on any atom is -0.466 e. The van der Waals surface area contributed by atoms with Gasteiger partial charge in [0.05, 0.1) is 6.61 Å². The first-order valence-electron chi connectivity index (χ1n) is 4.28. The molecule has 1 heterocycles. The summed E-state index contributed by atoms with van der Waals surface area (Å²) >= 11 is 0.